The highest BCUT2D eigenvalue weighted by Crippen LogP contribution is 2.19. The van der Waals surface area contributed by atoms with Crippen LogP contribution in [-0.4, -0.2) is 57.9 Å². The van der Waals surface area contributed by atoms with Crippen LogP contribution in [0.15, 0.2) is 55.0 Å². The Labute approximate surface area is 192 Å². The first-order chi connectivity index (χ1) is 15.8. The number of hydrogen-bond acceptors (Lipinski definition) is 4. The zero-order valence-corrected chi connectivity index (χ0v) is 19.0. The lowest BCUT2D eigenvalue weighted by Crippen LogP contribution is -2.57. The van der Waals surface area contributed by atoms with Gasteiger partial charge in [-0.3, -0.25) is 14.6 Å². The van der Waals surface area contributed by atoms with Gasteiger partial charge >= 0.3 is 0 Å². The summed E-state index contributed by atoms with van der Waals surface area (Å²) in [6, 6.07) is 9.92. The van der Waals surface area contributed by atoms with Crippen LogP contribution in [0.1, 0.15) is 25.1 Å². The summed E-state index contributed by atoms with van der Waals surface area (Å²) in [5.41, 5.74) is 1.47. The van der Waals surface area contributed by atoms with Crippen molar-refractivity contribution in [1.29, 1.82) is 0 Å². The summed E-state index contributed by atoms with van der Waals surface area (Å²) in [7, 11) is 0. The molecule has 3 aromatic rings. The van der Waals surface area contributed by atoms with Crippen LogP contribution in [0.5, 0.6) is 0 Å². The van der Waals surface area contributed by atoms with Gasteiger partial charge in [-0.2, -0.15) is 0 Å². The molecule has 0 saturated carbocycles. The number of nitrogens with zero attached hydrogens (tertiary/aromatic N) is 3. The topological polar surface area (TPSA) is 75.9 Å². The van der Waals surface area contributed by atoms with Crippen LogP contribution >= 0.6 is 0 Å². The highest BCUT2D eigenvalue weighted by atomic mass is 19.1. The molecular formula is C25H29FN4O3. The minimum Gasteiger partial charge on any atom is -0.379 e. The average Bonchev–Trinajstić information content (AvgIpc) is 3.13. The first kappa shape index (κ1) is 22.9. The van der Waals surface area contributed by atoms with Gasteiger partial charge in [-0.25, -0.2) is 4.39 Å². The number of rotatable bonds is 6. The van der Waals surface area contributed by atoms with Crippen molar-refractivity contribution in [3.05, 3.63) is 72.1 Å². The number of aromatic nitrogens is 2. The van der Waals surface area contributed by atoms with E-state index in [0.717, 1.165) is 11.2 Å². The molecule has 1 atom stereocenters. The molecule has 3 heterocycles. The fraction of sp³-hybridized carbons (Fsp3) is 0.400. The molecule has 0 spiro atoms. The van der Waals surface area contributed by atoms with Crippen LogP contribution in [0.3, 0.4) is 0 Å². The second-order valence-corrected chi connectivity index (χ2v) is 9.05. The Morgan fingerprint density at radius 2 is 2.09 bits per heavy atom. The maximum absolute atomic E-state index is 13.4. The molecule has 1 N–H and O–H groups in total. The van der Waals surface area contributed by atoms with E-state index >= 15 is 0 Å². The highest BCUT2D eigenvalue weighted by Gasteiger charge is 2.35. The van der Waals surface area contributed by atoms with Crippen molar-refractivity contribution in [2.75, 3.05) is 26.3 Å². The third-order valence-corrected chi connectivity index (χ3v) is 5.88. The van der Waals surface area contributed by atoms with Crippen molar-refractivity contribution in [2.45, 2.75) is 32.2 Å². The zero-order valence-electron chi connectivity index (χ0n) is 19.0. The van der Waals surface area contributed by atoms with Gasteiger partial charge in [0.25, 0.3) is 0 Å². The lowest BCUT2D eigenvalue weighted by molar-refractivity contribution is -0.140. The molecule has 1 saturated heterocycles. The normalized spacial score (nSPS) is 17.1. The summed E-state index contributed by atoms with van der Waals surface area (Å²) in [5.74, 6) is -0.800. The molecule has 7 nitrogen and oxygen atoms in total. The maximum atomic E-state index is 13.4. The largest absolute Gasteiger partial charge is 0.379 e. The number of fused-ring (bicyclic) bond motifs is 1. The predicted octanol–water partition coefficient (Wildman–Crippen LogP) is 2.63. The number of benzene rings is 1. The summed E-state index contributed by atoms with van der Waals surface area (Å²) in [5, 5.41) is 2.82. The standard InChI is InChI=1S/C25H29FN4O3/c1-25(2,28-23(31)15-18-5-3-6-20(26)13-18)24(32)30-11-12-33-17-19(16-30)14-21-22-7-4-9-29(22)10-8-27-21/h3-10,13,19H,11-12,14-17H2,1-2H3,(H,28,31)/t19-/m1/s1. The molecule has 0 bridgehead atoms. The van der Waals surface area contributed by atoms with Crippen molar-refractivity contribution >= 4 is 17.3 Å². The van der Waals surface area contributed by atoms with Gasteiger partial charge in [0.1, 0.15) is 11.4 Å². The van der Waals surface area contributed by atoms with Crippen molar-refractivity contribution in [2.24, 2.45) is 5.92 Å². The van der Waals surface area contributed by atoms with Crippen LogP contribution in [0.4, 0.5) is 4.39 Å². The number of hydrogen-bond donors (Lipinski definition) is 1. The van der Waals surface area contributed by atoms with Crippen LogP contribution in [0.25, 0.3) is 5.52 Å². The van der Waals surface area contributed by atoms with Crippen molar-refractivity contribution in [3.63, 3.8) is 0 Å². The minimum absolute atomic E-state index is 0.00714. The average molecular weight is 453 g/mol. The van der Waals surface area contributed by atoms with Crippen LogP contribution in [-0.2, 0) is 27.2 Å². The van der Waals surface area contributed by atoms with Crippen LogP contribution in [0, 0.1) is 11.7 Å². The van der Waals surface area contributed by atoms with Crippen molar-refractivity contribution in [1.82, 2.24) is 19.6 Å². The van der Waals surface area contributed by atoms with E-state index < -0.39 is 11.4 Å². The predicted molar refractivity (Wildman–Crippen MR) is 122 cm³/mol. The van der Waals surface area contributed by atoms with E-state index in [1.165, 1.54) is 12.1 Å². The third kappa shape index (κ3) is 5.57. The van der Waals surface area contributed by atoms with E-state index in [-0.39, 0.29) is 24.2 Å². The van der Waals surface area contributed by atoms with Gasteiger partial charge in [-0.1, -0.05) is 12.1 Å². The Bertz CT molecular complexity index is 1140. The Hall–Kier alpha value is -3.26. The summed E-state index contributed by atoms with van der Waals surface area (Å²) < 4.78 is 21.2. The summed E-state index contributed by atoms with van der Waals surface area (Å²) >= 11 is 0. The zero-order chi connectivity index (χ0) is 23.4. The molecule has 2 amide bonds. The first-order valence-corrected chi connectivity index (χ1v) is 11.1. The van der Waals surface area contributed by atoms with Gasteiger partial charge in [0.15, 0.2) is 0 Å². The van der Waals surface area contributed by atoms with Crippen LogP contribution < -0.4 is 5.32 Å². The number of carbonyl (C=O) groups excluding carboxylic acids is 2. The summed E-state index contributed by atoms with van der Waals surface area (Å²) in [6.45, 7) is 5.36. The van der Waals surface area contributed by atoms with Gasteiger partial charge < -0.3 is 19.4 Å². The SMILES string of the molecule is CC(C)(NC(=O)Cc1cccc(F)c1)C(=O)N1CCOC[C@H](Cc2nccn3cccc23)C1. The third-order valence-electron chi connectivity index (χ3n) is 5.88. The molecule has 1 aromatic carbocycles. The van der Waals surface area contributed by atoms with E-state index in [4.69, 9.17) is 4.74 Å². The molecule has 0 radical (unpaired) electrons. The Morgan fingerprint density at radius 3 is 2.91 bits per heavy atom. The van der Waals surface area contributed by atoms with Crippen LogP contribution in [0.2, 0.25) is 0 Å². The van der Waals surface area contributed by atoms with E-state index in [9.17, 15) is 14.0 Å². The summed E-state index contributed by atoms with van der Waals surface area (Å²) in [4.78, 5) is 32.2. The molecule has 8 heteroatoms. The van der Waals surface area contributed by atoms with Gasteiger partial charge in [-0.05, 0) is 50.1 Å². The molecule has 1 fully saturated rings. The molecular weight excluding hydrogens is 423 g/mol. The second kappa shape index (κ2) is 9.70. The molecule has 174 valence electrons. The molecule has 2 aromatic heterocycles. The lowest BCUT2D eigenvalue weighted by atomic mass is 9.99. The fourth-order valence-corrected chi connectivity index (χ4v) is 4.32. The monoisotopic (exact) mass is 452 g/mol. The number of nitrogens with one attached hydrogen (secondary N) is 1. The van der Waals surface area contributed by atoms with Crippen molar-refractivity contribution in [3.8, 4) is 0 Å². The molecule has 4 rings (SSSR count). The highest BCUT2D eigenvalue weighted by molar-refractivity contribution is 5.91. The molecule has 33 heavy (non-hydrogen) atoms. The van der Waals surface area contributed by atoms with E-state index in [0.29, 0.717) is 38.3 Å². The van der Waals surface area contributed by atoms with E-state index in [1.54, 1.807) is 37.1 Å². The van der Waals surface area contributed by atoms with Gasteiger partial charge in [0.2, 0.25) is 11.8 Å². The van der Waals surface area contributed by atoms with Crippen molar-refractivity contribution < 1.29 is 18.7 Å². The molecule has 0 aliphatic carbocycles. The van der Waals surface area contributed by atoms with Gasteiger partial charge in [0, 0.05) is 37.6 Å². The molecule has 0 unspecified atom stereocenters. The Morgan fingerprint density at radius 1 is 1.24 bits per heavy atom. The lowest BCUT2D eigenvalue weighted by Gasteiger charge is -2.33. The molecule has 1 aliphatic rings. The van der Waals surface area contributed by atoms with Gasteiger partial charge in [0.05, 0.1) is 30.8 Å². The smallest absolute Gasteiger partial charge is 0.247 e. The maximum Gasteiger partial charge on any atom is 0.247 e. The quantitative estimate of drug-likeness (QED) is 0.624. The number of carbonyl (C=O) groups is 2. The van der Waals surface area contributed by atoms with E-state index in [1.807, 2.05) is 28.9 Å². The Kier molecular flexibility index (Phi) is 6.74. The number of amides is 2. The summed E-state index contributed by atoms with van der Waals surface area (Å²) in [6.07, 6.45) is 6.36. The molecule has 1 aliphatic heterocycles. The first-order valence-electron chi connectivity index (χ1n) is 11.1. The second-order valence-electron chi connectivity index (χ2n) is 9.05. The van der Waals surface area contributed by atoms with E-state index in [2.05, 4.69) is 10.3 Å². The Balaban J connectivity index is 1.41. The number of halogens is 1. The van der Waals surface area contributed by atoms with Gasteiger partial charge in [-0.15, -0.1) is 0 Å². The fourth-order valence-electron chi connectivity index (χ4n) is 4.32. The number of ether oxygens (including phenoxy) is 1. The minimum atomic E-state index is -1.10.